The number of carbonyl (C=O) groups excluding carboxylic acids is 2. The highest BCUT2D eigenvalue weighted by molar-refractivity contribution is 7.18. The summed E-state index contributed by atoms with van der Waals surface area (Å²) in [6.07, 6.45) is 0.664. The van der Waals surface area contributed by atoms with Crippen LogP contribution < -0.4 is 11.1 Å². The van der Waals surface area contributed by atoms with Gasteiger partial charge >= 0.3 is 5.00 Å². The summed E-state index contributed by atoms with van der Waals surface area (Å²) >= 11 is 2.13. The maximum Gasteiger partial charge on any atom is 0.324 e. The zero-order valence-corrected chi connectivity index (χ0v) is 18.6. The number of hydrogen-bond donors (Lipinski definition) is 2. The number of anilines is 1. The number of nitrogens with one attached hydrogen (secondary N) is 1. The SMILES string of the molecule is Cl.NC(=O)c1c(NC(=O)c2ccc([N+](=O)[O-])s2)sc2c1CCN(Cc1ccccc1)C2. The van der Waals surface area contributed by atoms with Crippen LogP contribution in [0.5, 0.6) is 0 Å². The highest BCUT2D eigenvalue weighted by Gasteiger charge is 2.28. The smallest absolute Gasteiger partial charge is 0.324 e. The van der Waals surface area contributed by atoms with E-state index in [-0.39, 0.29) is 22.3 Å². The summed E-state index contributed by atoms with van der Waals surface area (Å²) in [7, 11) is 0. The first-order chi connectivity index (χ1) is 14.4. The molecule has 31 heavy (non-hydrogen) atoms. The fraction of sp³-hybridized carbons (Fsp3) is 0.200. The molecular formula is C20H19ClN4O4S2. The van der Waals surface area contributed by atoms with Gasteiger partial charge in [-0.25, -0.2) is 0 Å². The zero-order chi connectivity index (χ0) is 21.3. The van der Waals surface area contributed by atoms with Gasteiger partial charge in [-0.15, -0.1) is 23.7 Å². The molecule has 1 aliphatic rings. The number of nitrogens with two attached hydrogens (primary N) is 1. The van der Waals surface area contributed by atoms with Gasteiger partial charge in [0.05, 0.1) is 15.4 Å². The topological polar surface area (TPSA) is 119 Å². The number of benzene rings is 1. The summed E-state index contributed by atoms with van der Waals surface area (Å²) in [6.45, 7) is 2.24. The Balaban J connectivity index is 0.00000272. The van der Waals surface area contributed by atoms with Crippen molar-refractivity contribution in [3.63, 3.8) is 0 Å². The summed E-state index contributed by atoms with van der Waals surface area (Å²) in [5.74, 6) is -1.08. The molecule has 162 valence electrons. The van der Waals surface area contributed by atoms with Gasteiger partial charge in [-0.2, -0.15) is 0 Å². The van der Waals surface area contributed by atoms with Crippen molar-refractivity contribution in [2.45, 2.75) is 19.5 Å². The van der Waals surface area contributed by atoms with Crippen LogP contribution in [0.3, 0.4) is 0 Å². The van der Waals surface area contributed by atoms with Crippen LogP contribution in [0, 0.1) is 10.1 Å². The Morgan fingerprint density at radius 2 is 1.90 bits per heavy atom. The Morgan fingerprint density at radius 3 is 2.55 bits per heavy atom. The average Bonchev–Trinajstić information content (AvgIpc) is 3.33. The van der Waals surface area contributed by atoms with Crippen molar-refractivity contribution in [2.75, 3.05) is 11.9 Å². The second-order valence-corrected chi connectivity index (χ2v) is 9.03. The molecule has 0 bridgehead atoms. The van der Waals surface area contributed by atoms with Crippen LogP contribution in [0.15, 0.2) is 42.5 Å². The molecule has 1 aliphatic heterocycles. The van der Waals surface area contributed by atoms with Crippen molar-refractivity contribution >= 4 is 56.9 Å². The highest BCUT2D eigenvalue weighted by atomic mass is 35.5. The van der Waals surface area contributed by atoms with Crippen molar-refractivity contribution < 1.29 is 14.5 Å². The standard InChI is InChI=1S/C20H18N4O4S2.ClH/c21-18(25)17-13-8-9-23(10-12-4-2-1-3-5-12)11-15(13)30-20(17)22-19(26)14-6-7-16(29-14)24(27)28;/h1-7H,8-11H2,(H2,21,25)(H,22,26);1H. The van der Waals surface area contributed by atoms with Crippen LogP contribution in [0.25, 0.3) is 0 Å². The Kier molecular flexibility index (Phi) is 7.06. The first kappa shape index (κ1) is 22.9. The molecule has 0 radical (unpaired) electrons. The molecule has 0 saturated carbocycles. The fourth-order valence-corrected chi connectivity index (χ4v) is 5.50. The summed E-state index contributed by atoms with van der Waals surface area (Å²) in [5, 5.41) is 13.9. The molecule has 3 heterocycles. The van der Waals surface area contributed by atoms with Gasteiger partial charge in [0.25, 0.3) is 11.8 Å². The predicted octanol–water partition coefficient (Wildman–Crippen LogP) is 4.05. The Bertz CT molecular complexity index is 1130. The summed E-state index contributed by atoms with van der Waals surface area (Å²) in [4.78, 5) is 38.5. The molecule has 0 atom stereocenters. The van der Waals surface area contributed by atoms with E-state index in [2.05, 4.69) is 22.3 Å². The first-order valence-corrected chi connectivity index (χ1v) is 10.8. The van der Waals surface area contributed by atoms with Gasteiger partial charge in [0.15, 0.2) is 0 Å². The van der Waals surface area contributed by atoms with Crippen molar-refractivity contribution in [2.24, 2.45) is 5.73 Å². The normalized spacial score (nSPS) is 13.2. The van der Waals surface area contributed by atoms with Crippen molar-refractivity contribution in [3.05, 3.63) is 79.0 Å². The maximum absolute atomic E-state index is 12.6. The lowest BCUT2D eigenvalue weighted by Gasteiger charge is -2.27. The van der Waals surface area contributed by atoms with Gasteiger partial charge < -0.3 is 11.1 Å². The van der Waals surface area contributed by atoms with Crippen molar-refractivity contribution in [1.82, 2.24) is 4.90 Å². The van der Waals surface area contributed by atoms with Crippen LogP contribution in [-0.4, -0.2) is 28.2 Å². The number of nitro groups is 1. The largest absolute Gasteiger partial charge is 0.365 e. The first-order valence-electron chi connectivity index (χ1n) is 9.18. The van der Waals surface area contributed by atoms with Gasteiger partial charge in [0.2, 0.25) is 0 Å². The summed E-state index contributed by atoms with van der Waals surface area (Å²) in [6, 6.07) is 12.8. The number of rotatable bonds is 6. The molecule has 0 unspecified atom stereocenters. The third-order valence-electron chi connectivity index (χ3n) is 4.85. The Labute approximate surface area is 192 Å². The molecule has 2 aromatic heterocycles. The van der Waals surface area contributed by atoms with Crippen molar-refractivity contribution in [3.8, 4) is 0 Å². The highest BCUT2D eigenvalue weighted by Crippen LogP contribution is 2.38. The molecule has 11 heteroatoms. The number of nitrogens with zero attached hydrogens (tertiary/aromatic N) is 2. The fourth-order valence-electron chi connectivity index (χ4n) is 3.49. The third-order valence-corrected chi connectivity index (χ3v) is 7.02. The lowest BCUT2D eigenvalue weighted by atomic mass is 10.0. The molecule has 4 rings (SSSR count). The summed E-state index contributed by atoms with van der Waals surface area (Å²) in [5.41, 5.74) is 8.04. The summed E-state index contributed by atoms with van der Waals surface area (Å²) < 4.78 is 0. The number of amides is 2. The van der Waals surface area contributed by atoms with E-state index in [0.29, 0.717) is 23.5 Å². The van der Waals surface area contributed by atoms with Crippen LogP contribution in [0.4, 0.5) is 10.0 Å². The predicted molar refractivity (Wildman–Crippen MR) is 123 cm³/mol. The molecular weight excluding hydrogens is 460 g/mol. The number of fused-ring (bicyclic) bond motifs is 1. The minimum absolute atomic E-state index is 0. The average molecular weight is 479 g/mol. The third kappa shape index (κ3) is 4.93. The minimum atomic E-state index is -0.587. The Hall–Kier alpha value is -2.79. The van der Waals surface area contributed by atoms with E-state index in [0.717, 1.165) is 34.9 Å². The maximum atomic E-state index is 12.6. The Morgan fingerprint density at radius 1 is 1.16 bits per heavy atom. The van der Waals surface area contributed by atoms with Crippen molar-refractivity contribution in [1.29, 1.82) is 0 Å². The second-order valence-electron chi connectivity index (χ2n) is 6.87. The number of primary amides is 1. The molecule has 0 saturated heterocycles. The van der Waals surface area contributed by atoms with Crippen LogP contribution in [-0.2, 0) is 19.5 Å². The van der Waals surface area contributed by atoms with Gasteiger partial charge in [-0.05, 0) is 23.6 Å². The molecule has 8 nitrogen and oxygen atoms in total. The minimum Gasteiger partial charge on any atom is -0.365 e. The van der Waals surface area contributed by atoms with E-state index in [1.807, 2.05) is 18.2 Å². The molecule has 2 amide bonds. The number of thiophene rings is 2. The molecule has 0 spiro atoms. The monoisotopic (exact) mass is 478 g/mol. The van der Waals surface area contributed by atoms with E-state index in [1.165, 1.54) is 29.0 Å². The van der Waals surface area contributed by atoms with Gasteiger partial charge in [-0.3, -0.25) is 24.6 Å². The molecule has 1 aromatic carbocycles. The van der Waals surface area contributed by atoms with Gasteiger partial charge in [-0.1, -0.05) is 41.7 Å². The molecule has 3 aromatic rings. The number of hydrogen-bond acceptors (Lipinski definition) is 7. The van der Waals surface area contributed by atoms with Crippen LogP contribution in [0.2, 0.25) is 0 Å². The van der Waals surface area contributed by atoms with E-state index >= 15 is 0 Å². The molecule has 3 N–H and O–H groups in total. The quantitative estimate of drug-likeness (QED) is 0.409. The molecule has 0 aliphatic carbocycles. The lowest BCUT2D eigenvalue weighted by Crippen LogP contribution is -2.30. The zero-order valence-electron chi connectivity index (χ0n) is 16.2. The lowest BCUT2D eigenvalue weighted by molar-refractivity contribution is -0.380. The van der Waals surface area contributed by atoms with Gasteiger partial charge in [0, 0.05) is 30.6 Å². The van der Waals surface area contributed by atoms with E-state index in [4.69, 9.17) is 5.73 Å². The van der Waals surface area contributed by atoms with E-state index in [9.17, 15) is 19.7 Å². The second kappa shape index (κ2) is 9.56. The van der Waals surface area contributed by atoms with Gasteiger partial charge in [0.1, 0.15) is 5.00 Å². The van der Waals surface area contributed by atoms with Crippen LogP contribution in [0.1, 0.15) is 36.0 Å². The number of halogens is 1. The molecule has 0 fully saturated rings. The van der Waals surface area contributed by atoms with Crippen LogP contribution >= 0.6 is 35.1 Å². The number of carbonyl (C=O) groups is 2. The van der Waals surface area contributed by atoms with E-state index in [1.54, 1.807) is 0 Å². The van der Waals surface area contributed by atoms with E-state index < -0.39 is 16.7 Å².